The second-order valence-electron chi connectivity index (χ2n) is 6.69. The van der Waals surface area contributed by atoms with Crippen LogP contribution < -0.4 is 4.74 Å². The molecule has 0 aliphatic carbocycles. The van der Waals surface area contributed by atoms with Crippen LogP contribution in [0.3, 0.4) is 0 Å². The van der Waals surface area contributed by atoms with E-state index in [-0.39, 0.29) is 5.82 Å². The Hall–Kier alpha value is -2.73. The van der Waals surface area contributed by atoms with E-state index in [1.807, 2.05) is 30.3 Å². The van der Waals surface area contributed by atoms with Crippen LogP contribution in [0.25, 0.3) is 0 Å². The molecule has 1 aliphatic rings. The van der Waals surface area contributed by atoms with Crippen LogP contribution in [0.15, 0.2) is 52.9 Å². The van der Waals surface area contributed by atoms with Crippen molar-refractivity contribution in [3.8, 4) is 5.75 Å². The number of nitrogens with zero attached hydrogens (tertiary/aromatic N) is 2. The number of hydrogen-bond donors (Lipinski definition) is 0. The maximum Gasteiger partial charge on any atom is 0.227 e. The standard InChI is InChI=1S/C21H21FN2O3/c1-25-18-8-3-2-5-15(18)13-19-23-24-20(27-19)21(9-11-26-12-10-21)16-6-4-7-17(22)14-16/h2-8,14H,9-13H2,1H3. The highest BCUT2D eigenvalue weighted by Crippen LogP contribution is 2.41. The third-order valence-electron chi connectivity index (χ3n) is 5.13. The summed E-state index contributed by atoms with van der Waals surface area (Å²) in [6.07, 6.45) is 1.83. The van der Waals surface area contributed by atoms with Crippen LogP contribution in [-0.2, 0) is 16.6 Å². The maximum atomic E-state index is 13.9. The Morgan fingerprint density at radius 2 is 1.89 bits per heavy atom. The number of benzene rings is 2. The lowest BCUT2D eigenvalue weighted by molar-refractivity contribution is 0.0540. The van der Waals surface area contributed by atoms with Crippen LogP contribution in [0, 0.1) is 5.82 Å². The first kappa shape index (κ1) is 17.7. The number of ether oxygens (including phenoxy) is 2. The summed E-state index contributed by atoms with van der Waals surface area (Å²) in [6, 6.07) is 14.4. The molecule has 0 saturated carbocycles. The van der Waals surface area contributed by atoms with Crippen molar-refractivity contribution in [2.24, 2.45) is 0 Å². The molecule has 4 rings (SSSR count). The van der Waals surface area contributed by atoms with E-state index in [4.69, 9.17) is 13.9 Å². The molecule has 0 bridgehead atoms. The number of rotatable bonds is 5. The molecule has 27 heavy (non-hydrogen) atoms. The van der Waals surface area contributed by atoms with Gasteiger partial charge in [-0.3, -0.25) is 0 Å². The molecule has 140 valence electrons. The second kappa shape index (κ2) is 7.48. The third kappa shape index (κ3) is 3.45. The van der Waals surface area contributed by atoms with Gasteiger partial charge in [0.25, 0.3) is 0 Å². The minimum absolute atomic E-state index is 0.271. The Kier molecular flexibility index (Phi) is 4.90. The van der Waals surface area contributed by atoms with Crippen molar-refractivity contribution >= 4 is 0 Å². The lowest BCUT2D eigenvalue weighted by atomic mass is 9.74. The molecule has 5 nitrogen and oxygen atoms in total. The van der Waals surface area contributed by atoms with Crippen molar-refractivity contribution in [2.45, 2.75) is 24.7 Å². The van der Waals surface area contributed by atoms with E-state index >= 15 is 0 Å². The normalized spacial score (nSPS) is 16.2. The molecule has 0 N–H and O–H groups in total. The van der Waals surface area contributed by atoms with Gasteiger partial charge in [0.15, 0.2) is 0 Å². The van der Waals surface area contributed by atoms with Gasteiger partial charge in [0, 0.05) is 18.8 Å². The van der Waals surface area contributed by atoms with Gasteiger partial charge in [-0.2, -0.15) is 0 Å². The Balaban J connectivity index is 1.68. The summed E-state index contributed by atoms with van der Waals surface area (Å²) in [5.74, 6) is 1.54. The van der Waals surface area contributed by atoms with Crippen molar-refractivity contribution in [3.63, 3.8) is 0 Å². The molecule has 2 aromatic carbocycles. The zero-order valence-electron chi connectivity index (χ0n) is 15.2. The highest BCUT2D eigenvalue weighted by molar-refractivity contribution is 5.36. The molecule has 0 unspecified atom stereocenters. The zero-order valence-corrected chi connectivity index (χ0v) is 15.2. The monoisotopic (exact) mass is 368 g/mol. The number of hydrogen-bond acceptors (Lipinski definition) is 5. The summed E-state index contributed by atoms with van der Waals surface area (Å²) in [6.45, 7) is 1.14. The van der Waals surface area contributed by atoms with Crippen LogP contribution >= 0.6 is 0 Å². The van der Waals surface area contributed by atoms with E-state index < -0.39 is 5.41 Å². The largest absolute Gasteiger partial charge is 0.496 e. The predicted molar refractivity (Wildman–Crippen MR) is 97.3 cm³/mol. The number of halogens is 1. The number of aromatic nitrogens is 2. The van der Waals surface area contributed by atoms with Crippen molar-refractivity contribution in [1.29, 1.82) is 0 Å². The quantitative estimate of drug-likeness (QED) is 0.684. The van der Waals surface area contributed by atoms with E-state index in [0.717, 1.165) is 16.9 Å². The zero-order chi connectivity index (χ0) is 18.7. The van der Waals surface area contributed by atoms with Gasteiger partial charge in [0.1, 0.15) is 11.6 Å². The molecule has 0 radical (unpaired) electrons. The first-order valence-corrected chi connectivity index (χ1v) is 9.00. The fraction of sp³-hybridized carbons (Fsp3) is 0.333. The first-order chi connectivity index (χ1) is 13.2. The molecule has 6 heteroatoms. The van der Waals surface area contributed by atoms with Crippen LogP contribution in [0.4, 0.5) is 4.39 Å². The molecule has 1 aromatic heterocycles. The number of para-hydroxylation sites is 1. The average Bonchev–Trinajstić information content (AvgIpc) is 3.18. The summed E-state index contributed by atoms with van der Waals surface area (Å²) >= 11 is 0. The summed E-state index contributed by atoms with van der Waals surface area (Å²) in [5, 5.41) is 8.58. The molecule has 1 saturated heterocycles. The fourth-order valence-corrected chi connectivity index (χ4v) is 3.66. The molecule has 1 aliphatic heterocycles. The molecule has 0 atom stereocenters. The number of methoxy groups -OCH3 is 1. The van der Waals surface area contributed by atoms with E-state index in [1.165, 1.54) is 6.07 Å². The van der Waals surface area contributed by atoms with E-state index in [9.17, 15) is 4.39 Å². The molecular formula is C21H21FN2O3. The molecule has 2 heterocycles. The topological polar surface area (TPSA) is 57.4 Å². The SMILES string of the molecule is COc1ccccc1Cc1nnc(C2(c3cccc(F)c3)CCOCC2)o1. The molecule has 0 amide bonds. The average molecular weight is 368 g/mol. The minimum Gasteiger partial charge on any atom is -0.496 e. The Morgan fingerprint density at radius 3 is 2.67 bits per heavy atom. The van der Waals surface area contributed by atoms with Crippen LogP contribution in [0.5, 0.6) is 5.75 Å². The van der Waals surface area contributed by atoms with Gasteiger partial charge in [-0.05, 0) is 36.6 Å². The van der Waals surface area contributed by atoms with Gasteiger partial charge >= 0.3 is 0 Å². The maximum absolute atomic E-state index is 13.9. The lowest BCUT2D eigenvalue weighted by Gasteiger charge is -2.34. The van der Waals surface area contributed by atoms with Crippen molar-refractivity contribution < 1.29 is 18.3 Å². The Bertz CT molecular complexity index is 919. The first-order valence-electron chi connectivity index (χ1n) is 9.00. The summed E-state index contributed by atoms with van der Waals surface area (Å²) in [5.41, 5.74) is 1.30. The van der Waals surface area contributed by atoms with Gasteiger partial charge in [0.05, 0.1) is 18.9 Å². The third-order valence-corrected chi connectivity index (χ3v) is 5.13. The van der Waals surface area contributed by atoms with Crippen molar-refractivity contribution in [3.05, 3.63) is 77.3 Å². The van der Waals surface area contributed by atoms with Gasteiger partial charge in [-0.1, -0.05) is 30.3 Å². The Morgan fingerprint density at radius 1 is 1.07 bits per heavy atom. The highest BCUT2D eigenvalue weighted by atomic mass is 19.1. The van der Waals surface area contributed by atoms with E-state index in [0.29, 0.717) is 44.3 Å². The van der Waals surface area contributed by atoms with Crippen LogP contribution in [0.1, 0.15) is 35.7 Å². The molecule has 3 aromatic rings. The van der Waals surface area contributed by atoms with Gasteiger partial charge in [0.2, 0.25) is 11.8 Å². The summed E-state index contributed by atoms with van der Waals surface area (Å²) in [4.78, 5) is 0. The van der Waals surface area contributed by atoms with Gasteiger partial charge in [-0.15, -0.1) is 10.2 Å². The molecular weight excluding hydrogens is 347 g/mol. The molecule has 1 fully saturated rings. The van der Waals surface area contributed by atoms with Crippen LogP contribution in [-0.4, -0.2) is 30.5 Å². The van der Waals surface area contributed by atoms with Crippen LogP contribution in [0.2, 0.25) is 0 Å². The second-order valence-corrected chi connectivity index (χ2v) is 6.69. The van der Waals surface area contributed by atoms with Crippen molar-refractivity contribution in [1.82, 2.24) is 10.2 Å². The summed E-state index contributed by atoms with van der Waals surface area (Å²) in [7, 11) is 1.64. The van der Waals surface area contributed by atoms with Gasteiger partial charge < -0.3 is 13.9 Å². The smallest absolute Gasteiger partial charge is 0.227 e. The van der Waals surface area contributed by atoms with Crippen molar-refractivity contribution in [2.75, 3.05) is 20.3 Å². The van der Waals surface area contributed by atoms with E-state index in [2.05, 4.69) is 10.2 Å². The van der Waals surface area contributed by atoms with E-state index in [1.54, 1.807) is 19.2 Å². The highest BCUT2D eigenvalue weighted by Gasteiger charge is 2.41. The Labute approximate surface area is 157 Å². The fourth-order valence-electron chi connectivity index (χ4n) is 3.66. The lowest BCUT2D eigenvalue weighted by Crippen LogP contribution is -2.35. The molecule has 0 spiro atoms. The predicted octanol–water partition coefficient (Wildman–Crippen LogP) is 3.90. The minimum atomic E-state index is -0.521. The summed E-state index contributed by atoms with van der Waals surface area (Å²) < 4.78 is 30.9. The van der Waals surface area contributed by atoms with Gasteiger partial charge in [-0.25, -0.2) is 4.39 Å².